The maximum absolute atomic E-state index is 6.41. The van der Waals surface area contributed by atoms with Crippen LogP contribution in [0.5, 0.6) is 0 Å². The van der Waals surface area contributed by atoms with Crippen molar-refractivity contribution in [3.63, 3.8) is 0 Å². The molecule has 0 spiro atoms. The van der Waals surface area contributed by atoms with Gasteiger partial charge in [-0.25, -0.2) is 0 Å². The highest BCUT2D eigenvalue weighted by Crippen LogP contribution is 2.25. The number of hydrogen-bond donors (Lipinski definition) is 1. The molecule has 0 saturated carbocycles. The average molecular weight is 269 g/mol. The van der Waals surface area contributed by atoms with E-state index in [2.05, 4.69) is 36.4 Å². The lowest BCUT2D eigenvalue weighted by Gasteiger charge is -2.12. The smallest absolute Gasteiger partial charge is 0.0669 e. The van der Waals surface area contributed by atoms with Crippen LogP contribution in [0.4, 0.5) is 0 Å². The molecule has 0 saturated heterocycles. The van der Waals surface area contributed by atoms with E-state index in [1.807, 2.05) is 11.7 Å². The van der Waals surface area contributed by atoms with Gasteiger partial charge < -0.3 is 5.73 Å². The summed E-state index contributed by atoms with van der Waals surface area (Å²) in [6.45, 7) is 2.13. The number of aryl methyl sites for hydroxylation is 4. The standard InChI is InChI=1S/C17H23N3/c1-3-17-15(11-20(2)19-17)16(18)10-12-7-8-13-5-4-6-14(13)9-12/h7-9,11,16H,3-6,10,18H2,1-2H3. The number of hydrogen-bond acceptors (Lipinski definition) is 2. The number of rotatable bonds is 4. The van der Waals surface area contributed by atoms with Gasteiger partial charge in [-0.15, -0.1) is 0 Å². The maximum atomic E-state index is 6.41. The summed E-state index contributed by atoms with van der Waals surface area (Å²) >= 11 is 0. The van der Waals surface area contributed by atoms with E-state index < -0.39 is 0 Å². The zero-order valence-corrected chi connectivity index (χ0v) is 12.4. The Balaban J connectivity index is 1.80. The fraction of sp³-hybridized carbons (Fsp3) is 0.471. The van der Waals surface area contributed by atoms with E-state index in [0.717, 1.165) is 18.5 Å². The number of benzene rings is 1. The molecular formula is C17H23N3. The first-order valence-corrected chi connectivity index (χ1v) is 7.56. The molecule has 1 heterocycles. The topological polar surface area (TPSA) is 43.8 Å². The molecule has 2 aromatic rings. The Bertz CT molecular complexity index is 613. The third-order valence-electron chi connectivity index (χ3n) is 4.29. The van der Waals surface area contributed by atoms with Crippen molar-refractivity contribution in [2.24, 2.45) is 12.8 Å². The fourth-order valence-electron chi connectivity index (χ4n) is 3.25. The molecule has 3 rings (SSSR count). The number of fused-ring (bicyclic) bond motifs is 1. The molecule has 3 nitrogen and oxygen atoms in total. The molecule has 1 aromatic carbocycles. The second-order valence-electron chi connectivity index (χ2n) is 5.83. The van der Waals surface area contributed by atoms with Crippen LogP contribution in [0.15, 0.2) is 24.4 Å². The predicted octanol–water partition coefficient (Wildman–Crippen LogP) is 2.71. The number of aromatic nitrogens is 2. The van der Waals surface area contributed by atoms with Crippen LogP contribution in [0, 0.1) is 0 Å². The van der Waals surface area contributed by atoms with E-state index in [4.69, 9.17) is 5.73 Å². The molecule has 0 aliphatic heterocycles. The highest BCUT2D eigenvalue weighted by Gasteiger charge is 2.16. The molecule has 1 aliphatic rings. The van der Waals surface area contributed by atoms with Crippen LogP contribution < -0.4 is 5.73 Å². The lowest BCUT2D eigenvalue weighted by molar-refractivity contribution is 0.711. The molecule has 0 radical (unpaired) electrons. The molecule has 1 atom stereocenters. The summed E-state index contributed by atoms with van der Waals surface area (Å²) in [5.41, 5.74) is 13.1. The van der Waals surface area contributed by atoms with Gasteiger partial charge in [0, 0.05) is 24.8 Å². The third kappa shape index (κ3) is 2.50. The van der Waals surface area contributed by atoms with Crippen molar-refractivity contribution in [2.75, 3.05) is 0 Å². The lowest BCUT2D eigenvalue weighted by Crippen LogP contribution is -2.14. The zero-order chi connectivity index (χ0) is 14.1. The van der Waals surface area contributed by atoms with Crippen molar-refractivity contribution >= 4 is 0 Å². The first kappa shape index (κ1) is 13.4. The highest BCUT2D eigenvalue weighted by molar-refractivity contribution is 5.36. The van der Waals surface area contributed by atoms with Crippen LogP contribution in [0.3, 0.4) is 0 Å². The van der Waals surface area contributed by atoms with Gasteiger partial charge in [0.25, 0.3) is 0 Å². The monoisotopic (exact) mass is 269 g/mol. The van der Waals surface area contributed by atoms with Crippen molar-refractivity contribution in [1.82, 2.24) is 9.78 Å². The first-order chi connectivity index (χ1) is 9.67. The van der Waals surface area contributed by atoms with Crippen LogP contribution in [-0.2, 0) is 32.7 Å². The van der Waals surface area contributed by atoms with Gasteiger partial charge in [-0.2, -0.15) is 5.10 Å². The molecule has 1 aliphatic carbocycles. The van der Waals surface area contributed by atoms with E-state index in [1.54, 1.807) is 0 Å². The highest BCUT2D eigenvalue weighted by atomic mass is 15.3. The van der Waals surface area contributed by atoms with Gasteiger partial charge in [-0.1, -0.05) is 25.1 Å². The summed E-state index contributed by atoms with van der Waals surface area (Å²) in [7, 11) is 1.96. The summed E-state index contributed by atoms with van der Waals surface area (Å²) in [5.74, 6) is 0. The van der Waals surface area contributed by atoms with E-state index >= 15 is 0 Å². The van der Waals surface area contributed by atoms with Gasteiger partial charge in [0.15, 0.2) is 0 Å². The SMILES string of the molecule is CCc1nn(C)cc1C(N)Cc1ccc2c(c1)CCC2. The molecule has 20 heavy (non-hydrogen) atoms. The second kappa shape index (κ2) is 5.41. The number of nitrogens with two attached hydrogens (primary N) is 1. The molecule has 0 amide bonds. The van der Waals surface area contributed by atoms with Crippen molar-refractivity contribution in [3.05, 3.63) is 52.3 Å². The predicted molar refractivity (Wildman–Crippen MR) is 81.7 cm³/mol. The fourth-order valence-corrected chi connectivity index (χ4v) is 3.25. The molecule has 3 heteroatoms. The lowest BCUT2D eigenvalue weighted by atomic mass is 9.97. The van der Waals surface area contributed by atoms with Crippen LogP contribution in [0.25, 0.3) is 0 Å². The van der Waals surface area contributed by atoms with Crippen LogP contribution >= 0.6 is 0 Å². The Hall–Kier alpha value is -1.61. The van der Waals surface area contributed by atoms with Crippen LogP contribution in [0.1, 0.15) is 47.3 Å². The molecular weight excluding hydrogens is 246 g/mol. The number of nitrogens with zero attached hydrogens (tertiary/aromatic N) is 2. The first-order valence-electron chi connectivity index (χ1n) is 7.56. The minimum atomic E-state index is 0.0399. The Morgan fingerprint density at radius 2 is 2.10 bits per heavy atom. The largest absolute Gasteiger partial charge is 0.324 e. The van der Waals surface area contributed by atoms with E-state index in [-0.39, 0.29) is 6.04 Å². The summed E-state index contributed by atoms with van der Waals surface area (Å²) in [5, 5.41) is 4.49. The third-order valence-corrected chi connectivity index (χ3v) is 4.29. The quantitative estimate of drug-likeness (QED) is 0.927. The zero-order valence-electron chi connectivity index (χ0n) is 12.4. The van der Waals surface area contributed by atoms with E-state index in [9.17, 15) is 0 Å². The van der Waals surface area contributed by atoms with E-state index in [1.165, 1.54) is 41.5 Å². The molecule has 1 aromatic heterocycles. The Kier molecular flexibility index (Phi) is 3.62. The molecule has 0 fully saturated rings. The molecule has 1 unspecified atom stereocenters. The van der Waals surface area contributed by atoms with Gasteiger partial charge in [-0.05, 0) is 48.8 Å². The second-order valence-corrected chi connectivity index (χ2v) is 5.83. The Morgan fingerprint density at radius 1 is 1.30 bits per heavy atom. The maximum Gasteiger partial charge on any atom is 0.0669 e. The van der Waals surface area contributed by atoms with Crippen molar-refractivity contribution < 1.29 is 0 Å². The average Bonchev–Trinajstić information content (AvgIpc) is 3.03. The minimum Gasteiger partial charge on any atom is -0.324 e. The Morgan fingerprint density at radius 3 is 2.90 bits per heavy atom. The summed E-state index contributed by atoms with van der Waals surface area (Å²) in [6, 6.07) is 6.92. The van der Waals surface area contributed by atoms with Crippen molar-refractivity contribution in [2.45, 2.75) is 45.1 Å². The molecule has 0 bridgehead atoms. The van der Waals surface area contributed by atoms with Gasteiger partial charge in [0.05, 0.1) is 5.69 Å². The van der Waals surface area contributed by atoms with Crippen LogP contribution in [0.2, 0.25) is 0 Å². The minimum absolute atomic E-state index is 0.0399. The summed E-state index contributed by atoms with van der Waals surface area (Å²) in [6.07, 6.45) is 7.67. The molecule has 106 valence electrons. The van der Waals surface area contributed by atoms with Gasteiger partial charge in [-0.3, -0.25) is 4.68 Å². The van der Waals surface area contributed by atoms with E-state index in [0.29, 0.717) is 0 Å². The van der Waals surface area contributed by atoms with Crippen molar-refractivity contribution in [1.29, 1.82) is 0 Å². The summed E-state index contributed by atoms with van der Waals surface area (Å²) < 4.78 is 1.87. The summed E-state index contributed by atoms with van der Waals surface area (Å²) in [4.78, 5) is 0. The molecule has 2 N–H and O–H groups in total. The Labute approximate surface area is 120 Å². The van der Waals surface area contributed by atoms with Gasteiger partial charge in [0.1, 0.15) is 0 Å². The van der Waals surface area contributed by atoms with Gasteiger partial charge in [0.2, 0.25) is 0 Å². The van der Waals surface area contributed by atoms with Gasteiger partial charge >= 0.3 is 0 Å². The van der Waals surface area contributed by atoms with Crippen molar-refractivity contribution in [3.8, 4) is 0 Å². The normalized spacial score (nSPS) is 15.3. The van der Waals surface area contributed by atoms with Crippen LogP contribution in [-0.4, -0.2) is 9.78 Å².